The molecule has 60 valence electrons. The van der Waals surface area contributed by atoms with Gasteiger partial charge in [-0.1, -0.05) is 0 Å². The minimum absolute atomic E-state index is 0.143. The third-order valence-electron chi connectivity index (χ3n) is 1.82. The first kappa shape index (κ1) is 8.37. The maximum atomic E-state index is 5.49. The van der Waals surface area contributed by atoms with Gasteiger partial charge in [0.05, 0.1) is 24.9 Å². The molecule has 0 saturated carbocycles. The van der Waals surface area contributed by atoms with Crippen molar-refractivity contribution in [1.29, 1.82) is 0 Å². The first-order valence-electron chi connectivity index (χ1n) is 3.53. The van der Waals surface area contributed by atoms with Crippen molar-refractivity contribution < 1.29 is 9.47 Å². The monoisotopic (exact) mass is 162 g/mol. The van der Waals surface area contributed by atoms with Gasteiger partial charge >= 0.3 is 0 Å². The standard InChI is InChI=1S/C7H14O2S/c1-7(2)6(5-10)8-3-4-9-7/h6,10H,3-5H2,1-2H3. The zero-order valence-corrected chi connectivity index (χ0v) is 7.36. The van der Waals surface area contributed by atoms with Gasteiger partial charge in [0.25, 0.3) is 0 Å². The molecule has 1 heterocycles. The Balaban J connectivity index is 2.51. The highest BCUT2D eigenvalue weighted by Crippen LogP contribution is 2.22. The second-order valence-corrected chi connectivity index (χ2v) is 3.36. The second-order valence-electron chi connectivity index (χ2n) is 2.99. The third-order valence-corrected chi connectivity index (χ3v) is 2.15. The maximum Gasteiger partial charge on any atom is 0.0947 e. The van der Waals surface area contributed by atoms with Gasteiger partial charge in [0, 0.05) is 5.75 Å². The largest absolute Gasteiger partial charge is 0.372 e. The van der Waals surface area contributed by atoms with Crippen LogP contribution in [-0.4, -0.2) is 30.7 Å². The van der Waals surface area contributed by atoms with E-state index < -0.39 is 0 Å². The van der Waals surface area contributed by atoms with Crippen LogP contribution >= 0.6 is 12.6 Å². The fraction of sp³-hybridized carbons (Fsp3) is 1.00. The molecule has 0 aromatic carbocycles. The molecule has 1 atom stereocenters. The van der Waals surface area contributed by atoms with Gasteiger partial charge in [0.2, 0.25) is 0 Å². The fourth-order valence-electron chi connectivity index (χ4n) is 1.06. The SMILES string of the molecule is CC1(C)OCCOC1CS. The van der Waals surface area contributed by atoms with Gasteiger partial charge in [0.1, 0.15) is 0 Å². The summed E-state index contributed by atoms with van der Waals surface area (Å²) >= 11 is 4.17. The lowest BCUT2D eigenvalue weighted by Gasteiger charge is -2.37. The minimum atomic E-state index is -0.153. The molecule has 1 rings (SSSR count). The summed E-state index contributed by atoms with van der Waals surface area (Å²) in [5.41, 5.74) is -0.153. The second kappa shape index (κ2) is 3.11. The topological polar surface area (TPSA) is 18.5 Å². The van der Waals surface area contributed by atoms with Crippen LogP contribution in [0.3, 0.4) is 0 Å². The van der Waals surface area contributed by atoms with Gasteiger partial charge in [0.15, 0.2) is 0 Å². The summed E-state index contributed by atoms with van der Waals surface area (Å²) in [6.45, 7) is 5.48. The van der Waals surface area contributed by atoms with E-state index in [1.54, 1.807) is 0 Å². The molecule has 0 radical (unpaired) electrons. The zero-order valence-electron chi connectivity index (χ0n) is 6.46. The van der Waals surface area contributed by atoms with Crippen LogP contribution in [0.5, 0.6) is 0 Å². The van der Waals surface area contributed by atoms with Gasteiger partial charge in [-0.3, -0.25) is 0 Å². The molecule has 0 aromatic heterocycles. The van der Waals surface area contributed by atoms with E-state index in [0.717, 1.165) is 5.75 Å². The van der Waals surface area contributed by atoms with Crippen molar-refractivity contribution in [2.75, 3.05) is 19.0 Å². The van der Waals surface area contributed by atoms with Gasteiger partial charge in [-0.25, -0.2) is 0 Å². The molecular weight excluding hydrogens is 148 g/mol. The molecule has 2 nitrogen and oxygen atoms in total. The predicted octanol–water partition coefficient (Wildman–Crippen LogP) is 1.11. The molecule has 1 fully saturated rings. The lowest BCUT2D eigenvalue weighted by molar-refractivity contribution is -0.177. The van der Waals surface area contributed by atoms with E-state index in [2.05, 4.69) is 12.6 Å². The highest BCUT2D eigenvalue weighted by atomic mass is 32.1. The number of thiol groups is 1. The van der Waals surface area contributed by atoms with Gasteiger partial charge in [-0.15, -0.1) is 0 Å². The van der Waals surface area contributed by atoms with Crippen molar-refractivity contribution in [3.05, 3.63) is 0 Å². The summed E-state index contributed by atoms with van der Waals surface area (Å²) in [5.74, 6) is 0.729. The Morgan fingerprint density at radius 3 is 2.60 bits per heavy atom. The Bertz CT molecular complexity index is 114. The Kier molecular flexibility index (Phi) is 2.61. The quantitative estimate of drug-likeness (QED) is 0.582. The van der Waals surface area contributed by atoms with Crippen molar-refractivity contribution in [1.82, 2.24) is 0 Å². The van der Waals surface area contributed by atoms with Gasteiger partial charge < -0.3 is 9.47 Å². The van der Waals surface area contributed by atoms with E-state index in [4.69, 9.17) is 9.47 Å². The Morgan fingerprint density at radius 2 is 2.20 bits per heavy atom. The fourth-order valence-corrected chi connectivity index (χ4v) is 1.61. The normalized spacial score (nSPS) is 32.1. The summed E-state index contributed by atoms with van der Waals surface area (Å²) in [7, 11) is 0. The lowest BCUT2D eigenvalue weighted by atomic mass is 10.0. The maximum absolute atomic E-state index is 5.49. The van der Waals surface area contributed by atoms with E-state index in [0.29, 0.717) is 13.2 Å². The molecule has 0 bridgehead atoms. The van der Waals surface area contributed by atoms with Crippen LogP contribution in [0.25, 0.3) is 0 Å². The smallest absolute Gasteiger partial charge is 0.0947 e. The molecule has 0 aliphatic carbocycles. The van der Waals surface area contributed by atoms with Crippen LogP contribution in [0.15, 0.2) is 0 Å². The first-order chi connectivity index (χ1) is 4.67. The van der Waals surface area contributed by atoms with E-state index in [9.17, 15) is 0 Å². The van der Waals surface area contributed by atoms with Crippen molar-refractivity contribution in [3.63, 3.8) is 0 Å². The van der Waals surface area contributed by atoms with Crippen LogP contribution in [-0.2, 0) is 9.47 Å². The van der Waals surface area contributed by atoms with Crippen LogP contribution in [0, 0.1) is 0 Å². The lowest BCUT2D eigenvalue weighted by Crippen LogP contribution is -2.47. The van der Waals surface area contributed by atoms with Crippen molar-refractivity contribution in [2.24, 2.45) is 0 Å². The molecule has 1 aliphatic rings. The molecule has 3 heteroatoms. The van der Waals surface area contributed by atoms with Gasteiger partial charge in [-0.2, -0.15) is 12.6 Å². The summed E-state index contributed by atoms with van der Waals surface area (Å²) in [5, 5.41) is 0. The molecule has 1 unspecified atom stereocenters. The molecule has 1 saturated heterocycles. The van der Waals surface area contributed by atoms with Crippen molar-refractivity contribution >= 4 is 12.6 Å². The van der Waals surface area contributed by atoms with Gasteiger partial charge in [-0.05, 0) is 13.8 Å². The molecule has 0 N–H and O–H groups in total. The molecule has 0 aromatic rings. The molecule has 0 amide bonds. The average molecular weight is 162 g/mol. The molecule has 1 aliphatic heterocycles. The van der Waals surface area contributed by atoms with E-state index in [1.807, 2.05) is 13.8 Å². The highest BCUT2D eigenvalue weighted by molar-refractivity contribution is 7.80. The van der Waals surface area contributed by atoms with E-state index in [-0.39, 0.29) is 11.7 Å². The minimum Gasteiger partial charge on any atom is -0.372 e. The zero-order chi connectivity index (χ0) is 7.61. The van der Waals surface area contributed by atoms with Crippen molar-refractivity contribution in [3.8, 4) is 0 Å². The summed E-state index contributed by atoms with van der Waals surface area (Å²) in [4.78, 5) is 0. The Labute approximate surface area is 67.3 Å². The number of ether oxygens (including phenoxy) is 2. The van der Waals surface area contributed by atoms with Crippen LogP contribution in [0.2, 0.25) is 0 Å². The van der Waals surface area contributed by atoms with Crippen molar-refractivity contribution in [2.45, 2.75) is 25.6 Å². The molecule has 0 spiro atoms. The van der Waals surface area contributed by atoms with Crippen LogP contribution < -0.4 is 0 Å². The number of rotatable bonds is 1. The van der Waals surface area contributed by atoms with Crippen LogP contribution in [0.4, 0.5) is 0 Å². The molecule has 10 heavy (non-hydrogen) atoms. The molecular formula is C7H14O2S. The highest BCUT2D eigenvalue weighted by Gasteiger charge is 2.33. The Morgan fingerprint density at radius 1 is 1.50 bits per heavy atom. The predicted molar refractivity (Wildman–Crippen MR) is 43.6 cm³/mol. The Hall–Kier alpha value is 0.270. The average Bonchev–Trinajstić information content (AvgIpc) is 1.87. The summed E-state index contributed by atoms with van der Waals surface area (Å²) in [6, 6.07) is 0. The van der Waals surface area contributed by atoms with Crippen LogP contribution in [0.1, 0.15) is 13.8 Å². The van der Waals surface area contributed by atoms with E-state index >= 15 is 0 Å². The summed E-state index contributed by atoms with van der Waals surface area (Å²) < 4.78 is 10.9. The number of hydrogen-bond acceptors (Lipinski definition) is 3. The number of hydrogen-bond donors (Lipinski definition) is 1. The van der Waals surface area contributed by atoms with E-state index in [1.165, 1.54) is 0 Å². The summed E-state index contributed by atoms with van der Waals surface area (Å²) in [6.07, 6.45) is 0.143. The third kappa shape index (κ3) is 1.65. The first-order valence-corrected chi connectivity index (χ1v) is 4.16.